The molecule has 0 aromatic carbocycles. The third kappa shape index (κ3) is 3.07. The van der Waals surface area contributed by atoms with Gasteiger partial charge in [-0.1, -0.05) is 13.8 Å². The molecule has 3 atom stereocenters. The molecule has 3 heterocycles. The van der Waals surface area contributed by atoms with Crippen LogP contribution in [0.25, 0.3) is 0 Å². The van der Waals surface area contributed by atoms with Gasteiger partial charge in [-0.3, -0.25) is 4.79 Å². The molecule has 3 fully saturated rings. The van der Waals surface area contributed by atoms with E-state index in [1.807, 2.05) is 18.7 Å². The monoisotopic (exact) mass is 473 g/mol. The summed E-state index contributed by atoms with van der Waals surface area (Å²) < 4.78 is 72.7. The molecule has 7 nitrogen and oxygen atoms in total. The highest BCUT2D eigenvalue weighted by atomic mass is 32.2. The van der Waals surface area contributed by atoms with Crippen LogP contribution in [-0.2, 0) is 21.0 Å². The van der Waals surface area contributed by atoms with Crippen LogP contribution >= 0.6 is 0 Å². The average Bonchev–Trinajstić information content (AvgIpc) is 3.06. The van der Waals surface area contributed by atoms with E-state index in [-0.39, 0.29) is 54.4 Å². The van der Waals surface area contributed by atoms with E-state index in [1.54, 1.807) is 0 Å². The fourth-order valence-corrected chi connectivity index (χ4v) is 8.35. The van der Waals surface area contributed by atoms with Crippen molar-refractivity contribution in [2.24, 2.45) is 16.7 Å². The third-order valence-corrected chi connectivity index (χ3v) is 10.2. The Morgan fingerprint density at radius 1 is 1.28 bits per heavy atom. The van der Waals surface area contributed by atoms with Crippen LogP contribution in [0.2, 0.25) is 0 Å². The maximum Gasteiger partial charge on any atom is 0.418 e. The summed E-state index contributed by atoms with van der Waals surface area (Å²) in [5.41, 5.74) is -2.06. The molecule has 0 spiro atoms. The molecule has 1 saturated heterocycles. The first-order valence-corrected chi connectivity index (χ1v) is 12.4. The lowest BCUT2D eigenvalue weighted by molar-refractivity contribution is -0.138. The van der Waals surface area contributed by atoms with Crippen LogP contribution in [-0.4, -0.2) is 61.5 Å². The van der Waals surface area contributed by atoms with Gasteiger partial charge in [-0.2, -0.15) is 17.5 Å². The molecule has 2 aliphatic heterocycles. The first-order chi connectivity index (χ1) is 14.8. The number of hydrogen-bond acceptors (Lipinski definition) is 6. The number of Topliss-reactive ketones (excluding diaryl/α,β-unsaturated/α-hetero) is 1. The van der Waals surface area contributed by atoms with Gasteiger partial charge in [0, 0.05) is 37.7 Å². The van der Waals surface area contributed by atoms with Crippen molar-refractivity contribution in [3.05, 3.63) is 17.8 Å². The summed E-state index contributed by atoms with van der Waals surface area (Å²) in [5, 5.41) is 0. The van der Waals surface area contributed by atoms with Gasteiger partial charge in [0.2, 0.25) is 10.0 Å². The number of sulfonamides is 1. The summed E-state index contributed by atoms with van der Waals surface area (Å²) in [6.45, 7) is 4.73. The lowest BCUT2D eigenvalue weighted by Crippen LogP contribution is -2.60. The van der Waals surface area contributed by atoms with Gasteiger partial charge < -0.3 is 9.64 Å². The summed E-state index contributed by atoms with van der Waals surface area (Å²) in [4.78, 5) is 18.6. The van der Waals surface area contributed by atoms with Crippen molar-refractivity contribution < 1.29 is 31.1 Å². The summed E-state index contributed by atoms with van der Waals surface area (Å²) in [7, 11) is -3.71. The maximum atomic E-state index is 13.4. The molecule has 2 saturated carbocycles. The number of ether oxygens (including phenoxy) is 1. The standard InChI is InChI=1S/C21H26F3N3O4S/c1-19(2)13-3-4-20(19,17(28)8-13)12-32(29,30)26-5-6-27-15(10-26)11-31-16-7-14(21(22,23)24)9-25-18(16)27/h7,9,13,15H,3-6,8,10-12H2,1-2H3/t13-,15-,20+/m1/s1. The number of rotatable bonds is 3. The fourth-order valence-electron chi connectivity index (χ4n) is 6.11. The first kappa shape index (κ1) is 21.9. The Hall–Kier alpha value is -1.88. The van der Waals surface area contributed by atoms with E-state index in [1.165, 1.54) is 4.31 Å². The molecule has 4 aliphatic rings. The molecule has 11 heteroatoms. The molecule has 5 rings (SSSR count). The number of pyridine rings is 1. The van der Waals surface area contributed by atoms with Gasteiger partial charge in [0.15, 0.2) is 11.6 Å². The van der Waals surface area contributed by atoms with E-state index < -0.39 is 27.2 Å². The second-order valence-corrected chi connectivity index (χ2v) is 12.0. The Balaban J connectivity index is 1.35. The van der Waals surface area contributed by atoms with Crippen LogP contribution in [0.1, 0.15) is 38.7 Å². The maximum absolute atomic E-state index is 13.4. The SMILES string of the molecule is CC1(C)[C@@H]2CC[C@]1(CS(=O)(=O)N1CCN3c4ncc(C(F)(F)F)cc4OC[C@H]3C1)C(=O)C2. The zero-order valence-corrected chi connectivity index (χ0v) is 18.8. The summed E-state index contributed by atoms with van der Waals surface area (Å²) >= 11 is 0. The van der Waals surface area contributed by atoms with Gasteiger partial charge in [0.25, 0.3) is 0 Å². The quantitative estimate of drug-likeness (QED) is 0.672. The molecule has 0 radical (unpaired) electrons. The molecule has 1 aromatic heterocycles. The van der Waals surface area contributed by atoms with E-state index in [9.17, 15) is 26.4 Å². The van der Waals surface area contributed by atoms with E-state index >= 15 is 0 Å². The minimum absolute atomic E-state index is 0.0561. The normalized spacial score (nSPS) is 31.9. The van der Waals surface area contributed by atoms with E-state index in [4.69, 9.17) is 4.74 Å². The number of carbonyl (C=O) groups excluding carboxylic acids is 1. The predicted molar refractivity (Wildman–Crippen MR) is 110 cm³/mol. The van der Waals surface area contributed by atoms with Crippen LogP contribution in [0.4, 0.5) is 19.0 Å². The van der Waals surface area contributed by atoms with Crippen molar-refractivity contribution in [2.75, 3.05) is 36.9 Å². The summed E-state index contributed by atoms with van der Waals surface area (Å²) in [5.74, 6) is 0.468. The van der Waals surface area contributed by atoms with Gasteiger partial charge in [0.05, 0.1) is 17.4 Å². The number of alkyl halides is 3. The van der Waals surface area contributed by atoms with Crippen molar-refractivity contribution in [3.63, 3.8) is 0 Å². The molecule has 0 N–H and O–H groups in total. The predicted octanol–water partition coefficient (Wildman–Crippen LogP) is 2.71. The van der Waals surface area contributed by atoms with Gasteiger partial charge in [-0.15, -0.1) is 0 Å². The van der Waals surface area contributed by atoms with Crippen molar-refractivity contribution in [3.8, 4) is 5.75 Å². The zero-order chi connectivity index (χ0) is 23.1. The number of anilines is 1. The second-order valence-electron chi connectivity index (χ2n) is 9.98. The van der Waals surface area contributed by atoms with E-state index in [0.29, 0.717) is 25.2 Å². The average molecular weight is 474 g/mol. The van der Waals surface area contributed by atoms with Gasteiger partial charge >= 0.3 is 6.18 Å². The van der Waals surface area contributed by atoms with Crippen LogP contribution in [0, 0.1) is 16.7 Å². The Kier molecular flexibility index (Phi) is 4.67. The minimum Gasteiger partial charge on any atom is -0.487 e. The molecule has 1 aromatic rings. The number of hydrogen-bond donors (Lipinski definition) is 0. The number of piperazine rings is 1. The van der Waals surface area contributed by atoms with Crippen molar-refractivity contribution in [1.82, 2.24) is 9.29 Å². The number of halogens is 3. The van der Waals surface area contributed by atoms with Crippen molar-refractivity contribution >= 4 is 21.6 Å². The van der Waals surface area contributed by atoms with Crippen LogP contribution in [0.5, 0.6) is 5.75 Å². The lowest BCUT2D eigenvalue weighted by atomic mass is 9.70. The van der Waals surface area contributed by atoms with Crippen LogP contribution < -0.4 is 9.64 Å². The lowest BCUT2D eigenvalue weighted by Gasteiger charge is -2.45. The molecular weight excluding hydrogens is 447 g/mol. The highest BCUT2D eigenvalue weighted by Crippen LogP contribution is 2.64. The van der Waals surface area contributed by atoms with Crippen molar-refractivity contribution in [2.45, 2.75) is 45.3 Å². The second kappa shape index (κ2) is 6.82. The molecule has 2 aliphatic carbocycles. The number of ketones is 1. The van der Waals surface area contributed by atoms with Crippen LogP contribution in [0.3, 0.4) is 0 Å². The molecule has 176 valence electrons. The molecule has 0 unspecified atom stereocenters. The van der Waals surface area contributed by atoms with E-state index in [2.05, 4.69) is 4.98 Å². The van der Waals surface area contributed by atoms with Gasteiger partial charge in [-0.05, 0) is 30.2 Å². The number of carbonyl (C=O) groups is 1. The van der Waals surface area contributed by atoms with Gasteiger partial charge in [-0.25, -0.2) is 13.4 Å². The fraction of sp³-hybridized carbons (Fsp3) is 0.714. The minimum atomic E-state index is -4.51. The summed E-state index contributed by atoms with van der Waals surface area (Å²) in [6, 6.07) is 0.585. The Morgan fingerprint density at radius 3 is 2.66 bits per heavy atom. The largest absolute Gasteiger partial charge is 0.487 e. The summed E-state index contributed by atoms with van der Waals surface area (Å²) in [6.07, 6.45) is -1.81. The zero-order valence-electron chi connectivity index (χ0n) is 18.0. The smallest absolute Gasteiger partial charge is 0.418 e. The molecule has 2 bridgehead atoms. The third-order valence-electron chi connectivity index (χ3n) is 8.27. The molecule has 0 amide bonds. The van der Waals surface area contributed by atoms with Gasteiger partial charge in [0.1, 0.15) is 12.4 Å². The number of fused-ring (bicyclic) bond motifs is 5. The molecular formula is C21H26F3N3O4S. The van der Waals surface area contributed by atoms with Crippen LogP contribution in [0.15, 0.2) is 12.3 Å². The van der Waals surface area contributed by atoms with E-state index in [0.717, 1.165) is 18.7 Å². The highest BCUT2D eigenvalue weighted by Gasteiger charge is 2.65. The topological polar surface area (TPSA) is 79.8 Å². The Morgan fingerprint density at radius 2 is 2.03 bits per heavy atom. The highest BCUT2D eigenvalue weighted by molar-refractivity contribution is 7.89. The number of nitrogens with zero attached hydrogens (tertiary/aromatic N) is 3. The first-order valence-electron chi connectivity index (χ1n) is 10.8. The Labute approximate surface area is 185 Å². The Bertz CT molecular complexity index is 1070. The van der Waals surface area contributed by atoms with Crippen molar-refractivity contribution in [1.29, 1.82) is 0 Å². The molecule has 32 heavy (non-hydrogen) atoms. The number of aromatic nitrogens is 1.